The van der Waals surface area contributed by atoms with Gasteiger partial charge in [-0.15, -0.1) is 0 Å². The second-order valence-electron chi connectivity index (χ2n) is 4.53. The molecule has 20 heavy (non-hydrogen) atoms. The van der Waals surface area contributed by atoms with E-state index in [0.717, 1.165) is 12.2 Å². The first-order valence-electron chi connectivity index (χ1n) is 6.25. The highest BCUT2D eigenvalue weighted by atomic mass is 32.2. The number of imidazole rings is 1. The van der Waals surface area contributed by atoms with Gasteiger partial charge in [-0.25, -0.2) is 4.98 Å². The number of benzene rings is 1. The monoisotopic (exact) mass is 303 g/mol. The van der Waals surface area contributed by atoms with Crippen molar-refractivity contribution in [1.82, 2.24) is 9.55 Å². The Bertz CT molecular complexity index is 592. The summed E-state index contributed by atoms with van der Waals surface area (Å²) in [7, 11) is 0. The predicted octanol–water partition coefficient (Wildman–Crippen LogP) is 3.78. The van der Waals surface area contributed by atoms with Crippen LogP contribution >= 0.6 is 11.8 Å². The molecule has 1 aromatic heterocycles. The first-order valence-corrected chi connectivity index (χ1v) is 7.65. The number of alkyl halides is 3. The molecule has 0 saturated carbocycles. The van der Waals surface area contributed by atoms with E-state index in [0.29, 0.717) is 29.7 Å². The van der Waals surface area contributed by atoms with E-state index in [1.54, 1.807) is 23.9 Å². The van der Waals surface area contributed by atoms with E-state index in [1.807, 2.05) is 6.26 Å². The van der Waals surface area contributed by atoms with Crippen LogP contribution in [0.2, 0.25) is 0 Å². The largest absolute Gasteiger partial charge is 0.449 e. The van der Waals surface area contributed by atoms with Gasteiger partial charge >= 0.3 is 6.18 Å². The molecule has 1 heterocycles. The van der Waals surface area contributed by atoms with Gasteiger partial charge in [0.25, 0.3) is 0 Å². The summed E-state index contributed by atoms with van der Waals surface area (Å²) in [5.41, 5.74) is 6.79. The number of hydrogen-bond acceptors (Lipinski definition) is 3. The third kappa shape index (κ3) is 3.20. The van der Waals surface area contributed by atoms with Crippen LogP contribution in [-0.2, 0) is 12.7 Å². The molecule has 110 valence electrons. The van der Waals surface area contributed by atoms with Crippen molar-refractivity contribution < 1.29 is 13.2 Å². The number of thioether (sulfide) groups is 1. The molecule has 7 heteroatoms. The van der Waals surface area contributed by atoms with Gasteiger partial charge in [-0.1, -0.05) is 0 Å². The van der Waals surface area contributed by atoms with Gasteiger partial charge in [0.15, 0.2) is 0 Å². The molecule has 0 saturated heterocycles. The standard InChI is InChI=1S/C13H16F3N3S/c1-20-7-3-2-6-19-11-5-4-9(17)8-10(11)18-12(19)13(14,15)16/h4-5,8H,2-3,6-7,17H2,1H3. The van der Waals surface area contributed by atoms with Crippen LogP contribution in [0.15, 0.2) is 18.2 Å². The number of nitrogens with zero attached hydrogens (tertiary/aromatic N) is 2. The number of hydrogen-bond donors (Lipinski definition) is 1. The Morgan fingerprint density at radius 2 is 2.05 bits per heavy atom. The summed E-state index contributed by atoms with van der Waals surface area (Å²) in [4.78, 5) is 3.70. The minimum atomic E-state index is -4.45. The van der Waals surface area contributed by atoms with Crippen molar-refractivity contribution in [3.8, 4) is 0 Å². The van der Waals surface area contributed by atoms with Crippen LogP contribution in [0.1, 0.15) is 18.7 Å². The molecule has 0 unspecified atom stereocenters. The molecule has 0 atom stereocenters. The van der Waals surface area contributed by atoms with Gasteiger partial charge in [-0.05, 0) is 43.0 Å². The molecule has 0 radical (unpaired) electrons. The Balaban J connectivity index is 2.37. The SMILES string of the molecule is CSCCCCn1c(C(F)(F)F)nc2cc(N)ccc21. The molecule has 2 N–H and O–H groups in total. The van der Waals surface area contributed by atoms with Gasteiger partial charge in [0, 0.05) is 12.2 Å². The quantitative estimate of drug-likeness (QED) is 0.675. The highest BCUT2D eigenvalue weighted by Crippen LogP contribution is 2.32. The maximum absolute atomic E-state index is 13.0. The Morgan fingerprint density at radius 3 is 2.70 bits per heavy atom. The molecule has 0 aliphatic heterocycles. The summed E-state index contributed by atoms with van der Waals surface area (Å²) in [5, 5.41) is 0. The first kappa shape index (κ1) is 15.0. The highest BCUT2D eigenvalue weighted by molar-refractivity contribution is 7.98. The third-order valence-electron chi connectivity index (χ3n) is 3.01. The van der Waals surface area contributed by atoms with Crippen molar-refractivity contribution in [1.29, 1.82) is 0 Å². The zero-order valence-corrected chi connectivity index (χ0v) is 11.9. The molecule has 2 rings (SSSR count). The lowest BCUT2D eigenvalue weighted by molar-refractivity contribution is -0.146. The fourth-order valence-corrected chi connectivity index (χ4v) is 2.60. The van der Waals surface area contributed by atoms with Crippen LogP contribution in [0, 0.1) is 0 Å². The number of halogens is 3. The Hall–Kier alpha value is -1.37. The summed E-state index contributed by atoms with van der Waals surface area (Å²) in [6.07, 6.45) is -0.892. The van der Waals surface area contributed by atoms with Crippen LogP contribution < -0.4 is 5.73 Å². The molecule has 1 aromatic carbocycles. The van der Waals surface area contributed by atoms with Gasteiger partial charge in [0.05, 0.1) is 11.0 Å². The Morgan fingerprint density at radius 1 is 1.30 bits per heavy atom. The van der Waals surface area contributed by atoms with Crippen molar-refractivity contribution in [2.75, 3.05) is 17.7 Å². The number of aryl methyl sites for hydroxylation is 1. The van der Waals surface area contributed by atoms with E-state index in [-0.39, 0.29) is 0 Å². The summed E-state index contributed by atoms with van der Waals surface area (Å²) >= 11 is 1.69. The van der Waals surface area contributed by atoms with Crippen molar-refractivity contribution in [2.45, 2.75) is 25.6 Å². The number of aromatic nitrogens is 2. The highest BCUT2D eigenvalue weighted by Gasteiger charge is 2.37. The van der Waals surface area contributed by atoms with E-state index in [4.69, 9.17) is 5.73 Å². The Kier molecular flexibility index (Phi) is 4.47. The summed E-state index contributed by atoms with van der Waals surface area (Å²) in [6, 6.07) is 4.67. The molecule has 2 aromatic rings. The Labute approximate surface area is 119 Å². The molecular weight excluding hydrogens is 287 g/mol. The van der Waals surface area contributed by atoms with E-state index in [9.17, 15) is 13.2 Å². The van der Waals surface area contributed by atoms with Crippen LogP contribution in [0.3, 0.4) is 0 Å². The fraction of sp³-hybridized carbons (Fsp3) is 0.462. The fourth-order valence-electron chi connectivity index (χ4n) is 2.11. The lowest BCUT2D eigenvalue weighted by Gasteiger charge is -2.11. The zero-order chi connectivity index (χ0) is 14.8. The van der Waals surface area contributed by atoms with Crippen molar-refractivity contribution in [2.24, 2.45) is 0 Å². The maximum atomic E-state index is 13.0. The van der Waals surface area contributed by atoms with Crippen LogP contribution in [0.25, 0.3) is 11.0 Å². The second kappa shape index (κ2) is 5.95. The lowest BCUT2D eigenvalue weighted by atomic mass is 10.2. The number of nitrogens with two attached hydrogens (primary N) is 1. The zero-order valence-electron chi connectivity index (χ0n) is 11.1. The summed E-state index contributed by atoms with van der Waals surface area (Å²) in [5.74, 6) is 0.100. The van der Waals surface area contributed by atoms with Gasteiger partial charge in [-0.3, -0.25) is 0 Å². The van der Waals surface area contributed by atoms with E-state index >= 15 is 0 Å². The van der Waals surface area contributed by atoms with Crippen molar-refractivity contribution in [3.05, 3.63) is 24.0 Å². The van der Waals surface area contributed by atoms with E-state index in [1.165, 1.54) is 10.6 Å². The van der Waals surface area contributed by atoms with Crippen LogP contribution in [0.5, 0.6) is 0 Å². The maximum Gasteiger partial charge on any atom is 0.449 e. The van der Waals surface area contributed by atoms with E-state index in [2.05, 4.69) is 4.98 Å². The number of nitrogen functional groups attached to an aromatic ring is 1. The topological polar surface area (TPSA) is 43.8 Å². The number of fused-ring (bicyclic) bond motifs is 1. The van der Waals surface area contributed by atoms with Gasteiger partial charge in [0.1, 0.15) is 0 Å². The molecule has 0 aliphatic rings. The van der Waals surface area contributed by atoms with Crippen molar-refractivity contribution >= 4 is 28.5 Å². The average Bonchev–Trinajstić information content (AvgIpc) is 2.72. The molecule has 3 nitrogen and oxygen atoms in total. The number of unbranched alkanes of at least 4 members (excludes halogenated alkanes) is 1. The minimum absolute atomic E-state index is 0.294. The van der Waals surface area contributed by atoms with Gasteiger partial charge in [-0.2, -0.15) is 24.9 Å². The molecule has 0 spiro atoms. The van der Waals surface area contributed by atoms with Gasteiger partial charge in [0.2, 0.25) is 5.82 Å². The normalized spacial score (nSPS) is 12.2. The van der Waals surface area contributed by atoms with E-state index < -0.39 is 12.0 Å². The summed E-state index contributed by atoms with van der Waals surface area (Å²) < 4.78 is 40.4. The second-order valence-corrected chi connectivity index (χ2v) is 5.52. The van der Waals surface area contributed by atoms with Crippen LogP contribution in [-0.4, -0.2) is 21.6 Å². The predicted molar refractivity (Wildman–Crippen MR) is 76.8 cm³/mol. The number of anilines is 1. The first-order chi connectivity index (χ1) is 9.43. The molecule has 0 amide bonds. The van der Waals surface area contributed by atoms with Gasteiger partial charge < -0.3 is 10.3 Å². The molecule has 0 bridgehead atoms. The number of rotatable bonds is 5. The third-order valence-corrected chi connectivity index (χ3v) is 3.70. The molecule has 0 fully saturated rings. The van der Waals surface area contributed by atoms with Crippen LogP contribution in [0.4, 0.5) is 18.9 Å². The minimum Gasteiger partial charge on any atom is -0.399 e. The average molecular weight is 303 g/mol. The molecular formula is C13H16F3N3S. The summed E-state index contributed by atoms with van der Waals surface area (Å²) in [6.45, 7) is 0.315. The lowest BCUT2D eigenvalue weighted by Crippen LogP contribution is -2.15. The van der Waals surface area contributed by atoms with Crippen molar-refractivity contribution in [3.63, 3.8) is 0 Å². The molecule has 0 aliphatic carbocycles. The smallest absolute Gasteiger partial charge is 0.399 e.